The van der Waals surface area contributed by atoms with E-state index in [4.69, 9.17) is 0 Å². The summed E-state index contributed by atoms with van der Waals surface area (Å²) in [5.41, 5.74) is -1.54. The zero-order valence-corrected chi connectivity index (χ0v) is 9.42. The van der Waals surface area contributed by atoms with E-state index in [0.29, 0.717) is 6.07 Å². The fourth-order valence-electron chi connectivity index (χ4n) is 1.11. The zero-order chi connectivity index (χ0) is 12.5. The third kappa shape index (κ3) is 2.26. The Morgan fingerprint density at radius 1 is 1.44 bits per heavy atom. The number of benzene rings is 1. The fourth-order valence-corrected chi connectivity index (χ4v) is 1.76. The highest BCUT2D eigenvalue weighted by Crippen LogP contribution is 2.43. The van der Waals surface area contributed by atoms with Crippen LogP contribution in [0.2, 0.25) is 0 Å². The quantitative estimate of drug-likeness (QED) is 0.621. The average molecular weight is 300 g/mol. The monoisotopic (exact) mass is 299 g/mol. The Balaban J connectivity index is 3.47. The molecule has 0 saturated heterocycles. The Kier molecular flexibility index (Phi) is 3.41. The van der Waals surface area contributed by atoms with Crippen LogP contribution < -0.4 is 4.74 Å². The maximum Gasteiger partial charge on any atom is 0.420 e. The maximum atomic E-state index is 12.5. The third-order valence-corrected chi connectivity index (χ3v) is 2.55. The smallest absolute Gasteiger partial charge is 0.420 e. The van der Waals surface area contributed by atoms with Gasteiger partial charge in [-0.3, -0.25) is 10.1 Å². The number of alkyl halides is 3. The van der Waals surface area contributed by atoms with Crippen LogP contribution >= 0.6 is 15.9 Å². The molecule has 0 fully saturated rings. The molecule has 88 valence electrons. The number of rotatable bonds is 2. The lowest BCUT2D eigenvalue weighted by atomic mass is 10.1. The summed E-state index contributed by atoms with van der Waals surface area (Å²) < 4.78 is 41.6. The van der Waals surface area contributed by atoms with Gasteiger partial charge < -0.3 is 4.74 Å². The Bertz CT molecular complexity index is 433. The lowest BCUT2D eigenvalue weighted by Crippen LogP contribution is -2.08. The van der Waals surface area contributed by atoms with Gasteiger partial charge in [0.25, 0.3) is 5.69 Å². The van der Waals surface area contributed by atoms with Gasteiger partial charge in [-0.05, 0) is 22.0 Å². The molecule has 0 spiro atoms. The molecule has 0 aromatic heterocycles. The van der Waals surface area contributed by atoms with E-state index in [1.54, 1.807) is 0 Å². The number of nitro groups is 1. The topological polar surface area (TPSA) is 52.4 Å². The van der Waals surface area contributed by atoms with E-state index in [0.717, 1.165) is 13.2 Å². The van der Waals surface area contributed by atoms with Crippen molar-refractivity contribution in [3.8, 4) is 5.75 Å². The molecule has 1 aromatic carbocycles. The first-order valence-corrected chi connectivity index (χ1v) is 4.66. The van der Waals surface area contributed by atoms with E-state index in [-0.39, 0.29) is 4.47 Å². The summed E-state index contributed by atoms with van der Waals surface area (Å²) in [5, 5.41) is 10.5. The minimum Gasteiger partial charge on any atom is -0.495 e. The molecule has 8 heteroatoms. The Morgan fingerprint density at radius 3 is 2.38 bits per heavy atom. The van der Waals surface area contributed by atoms with Gasteiger partial charge in [0.05, 0.1) is 17.6 Å². The summed E-state index contributed by atoms with van der Waals surface area (Å²) in [6.07, 6.45) is -4.62. The highest BCUT2D eigenvalue weighted by Gasteiger charge is 2.37. The van der Waals surface area contributed by atoms with Gasteiger partial charge in [0, 0.05) is 6.07 Å². The predicted molar refractivity (Wildman–Crippen MR) is 52.4 cm³/mol. The fraction of sp³-hybridized carbons (Fsp3) is 0.250. The molecule has 0 saturated carbocycles. The van der Waals surface area contributed by atoms with Crippen LogP contribution in [-0.2, 0) is 6.18 Å². The van der Waals surface area contributed by atoms with Crippen molar-refractivity contribution in [3.63, 3.8) is 0 Å². The van der Waals surface area contributed by atoms with Crippen LogP contribution in [0.1, 0.15) is 5.56 Å². The third-order valence-electron chi connectivity index (χ3n) is 1.78. The van der Waals surface area contributed by atoms with Gasteiger partial charge in [-0.1, -0.05) is 0 Å². The van der Waals surface area contributed by atoms with Gasteiger partial charge in [-0.25, -0.2) is 0 Å². The van der Waals surface area contributed by atoms with E-state index >= 15 is 0 Å². The second kappa shape index (κ2) is 4.28. The van der Waals surface area contributed by atoms with Gasteiger partial charge in [0.15, 0.2) is 5.75 Å². The van der Waals surface area contributed by atoms with Gasteiger partial charge >= 0.3 is 6.18 Å². The number of halogens is 4. The molecule has 16 heavy (non-hydrogen) atoms. The minimum atomic E-state index is -4.62. The number of methoxy groups -OCH3 is 1. The molecule has 0 radical (unpaired) electrons. The van der Waals surface area contributed by atoms with Crippen LogP contribution in [0.15, 0.2) is 16.6 Å². The van der Waals surface area contributed by atoms with Crippen LogP contribution in [-0.4, -0.2) is 12.0 Å². The van der Waals surface area contributed by atoms with E-state index < -0.39 is 28.1 Å². The largest absolute Gasteiger partial charge is 0.495 e. The summed E-state index contributed by atoms with van der Waals surface area (Å²) in [4.78, 5) is 9.69. The first kappa shape index (κ1) is 12.8. The summed E-state index contributed by atoms with van der Waals surface area (Å²) >= 11 is 2.72. The van der Waals surface area contributed by atoms with Crippen LogP contribution in [0.3, 0.4) is 0 Å². The molecular weight excluding hydrogens is 295 g/mol. The average Bonchev–Trinajstić information content (AvgIpc) is 2.15. The van der Waals surface area contributed by atoms with E-state index in [1.165, 1.54) is 0 Å². The second-order valence-corrected chi connectivity index (χ2v) is 3.53. The number of nitrogens with zero attached hydrogens (tertiary/aromatic N) is 1. The molecule has 0 bridgehead atoms. The molecule has 0 aliphatic rings. The predicted octanol–water partition coefficient (Wildman–Crippen LogP) is 3.38. The van der Waals surface area contributed by atoms with Crippen molar-refractivity contribution in [2.75, 3.05) is 7.11 Å². The summed E-state index contributed by atoms with van der Waals surface area (Å²) in [6, 6.07) is 1.39. The maximum absolute atomic E-state index is 12.5. The van der Waals surface area contributed by atoms with Crippen LogP contribution in [0.4, 0.5) is 18.9 Å². The first-order valence-electron chi connectivity index (χ1n) is 3.87. The molecular formula is C8H5BrF3NO3. The van der Waals surface area contributed by atoms with Crippen molar-refractivity contribution in [3.05, 3.63) is 32.3 Å². The van der Waals surface area contributed by atoms with E-state index in [2.05, 4.69) is 20.7 Å². The van der Waals surface area contributed by atoms with Gasteiger partial charge in [0.2, 0.25) is 0 Å². The van der Waals surface area contributed by atoms with Crippen molar-refractivity contribution in [2.45, 2.75) is 6.18 Å². The van der Waals surface area contributed by atoms with Crippen molar-refractivity contribution < 1.29 is 22.8 Å². The standard InChI is InChI=1S/C8H5BrF3NO3/c1-16-7-4(8(10,11)12)2-3-5(6(7)9)13(14)15/h2-3H,1H3. The molecule has 0 amide bonds. The zero-order valence-electron chi connectivity index (χ0n) is 7.84. The van der Waals surface area contributed by atoms with Crippen LogP contribution in [0.25, 0.3) is 0 Å². The summed E-state index contributed by atoms with van der Waals surface area (Å²) in [5.74, 6) is -0.596. The molecule has 4 nitrogen and oxygen atoms in total. The number of nitro benzene ring substituents is 1. The molecule has 0 atom stereocenters. The molecule has 0 aliphatic carbocycles. The van der Waals surface area contributed by atoms with Crippen molar-refractivity contribution in [1.82, 2.24) is 0 Å². The van der Waals surface area contributed by atoms with E-state index in [9.17, 15) is 23.3 Å². The lowest BCUT2D eigenvalue weighted by molar-refractivity contribution is -0.385. The highest BCUT2D eigenvalue weighted by molar-refractivity contribution is 9.10. The van der Waals surface area contributed by atoms with Crippen molar-refractivity contribution in [1.29, 1.82) is 0 Å². The van der Waals surface area contributed by atoms with Crippen molar-refractivity contribution in [2.24, 2.45) is 0 Å². The van der Waals surface area contributed by atoms with Gasteiger partial charge in [-0.2, -0.15) is 13.2 Å². The van der Waals surface area contributed by atoms with Crippen molar-refractivity contribution >= 4 is 21.6 Å². The van der Waals surface area contributed by atoms with Crippen LogP contribution in [0, 0.1) is 10.1 Å². The van der Waals surface area contributed by atoms with Crippen LogP contribution in [0.5, 0.6) is 5.75 Å². The first-order chi connectivity index (χ1) is 7.29. The van der Waals surface area contributed by atoms with Gasteiger partial charge in [-0.15, -0.1) is 0 Å². The Morgan fingerprint density at radius 2 is 2.00 bits per heavy atom. The SMILES string of the molecule is COc1c(C(F)(F)F)ccc([N+](=O)[O-])c1Br. The molecule has 0 N–H and O–H groups in total. The Hall–Kier alpha value is -1.31. The number of hydrogen-bond acceptors (Lipinski definition) is 3. The number of ether oxygens (including phenoxy) is 1. The molecule has 0 heterocycles. The molecule has 1 rings (SSSR count). The minimum absolute atomic E-state index is 0.324. The summed E-state index contributed by atoms with van der Waals surface area (Å²) in [7, 11) is 1.01. The van der Waals surface area contributed by atoms with Gasteiger partial charge in [0.1, 0.15) is 4.47 Å². The number of hydrogen-bond donors (Lipinski definition) is 0. The molecule has 1 aromatic rings. The molecule has 0 unspecified atom stereocenters. The van der Waals surface area contributed by atoms with E-state index in [1.807, 2.05) is 0 Å². The second-order valence-electron chi connectivity index (χ2n) is 2.73. The lowest BCUT2D eigenvalue weighted by Gasteiger charge is -2.12. The highest BCUT2D eigenvalue weighted by atomic mass is 79.9. The molecule has 0 aliphatic heterocycles. The summed E-state index contributed by atoms with van der Waals surface area (Å²) in [6.45, 7) is 0. The normalized spacial score (nSPS) is 11.3. The Labute approximate surface area is 96.3 Å².